The average molecular weight is 472 g/mol. The molecule has 0 radical (unpaired) electrons. The van der Waals surface area contributed by atoms with Gasteiger partial charge in [0.15, 0.2) is 0 Å². The van der Waals surface area contributed by atoms with Gasteiger partial charge in [0.1, 0.15) is 0 Å². The molecule has 2 saturated heterocycles. The molecule has 2 fully saturated rings. The Bertz CT molecular complexity index is 1080. The highest BCUT2D eigenvalue weighted by molar-refractivity contribution is 7.89. The molecule has 2 aliphatic heterocycles. The first kappa shape index (κ1) is 23.4. The van der Waals surface area contributed by atoms with E-state index < -0.39 is 15.9 Å². The highest BCUT2D eigenvalue weighted by Gasteiger charge is 2.33. The van der Waals surface area contributed by atoms with Crippen LogP contribution in [0.5, 0.6) is 0 Å². The number of hydrogen-bond acceptors (Lipinski definition) is 5. The van der Waals surface area contributed by atoms with E-state index in [1.165, 1.54) is 4.31 Å². The van der Waals surface area contributed by atoms with E-state index in [0.29, 0.717) is 43.8 Å². The third-order valence-corrected chi connectivity index (χ3v) is 7.96. The van der Waals surface area contributed by atoms with Crippen LogP contribution in [0.15, 0.2) is 59.5 Å². The van der Waals surface area contributed by atoms with E-state index in [-0.39, 0.29) is 29.4 Å². The predicted molar refractivity (Wildman–Crippen MR) is 124 cm³/mol. The average Bonchev–Trinajstić information content (AvgIpc) is 3.37. The van der Waals surface area contributed by atoms with E-state index in [0.717, 1.165) is 12.8 Å². The lowest BCUT2D eigenvalue weighted by Gasteiger charge is -2.31. The van der Waals surface area contributed by atoms with Crippen molar-refractivity contribution in [2.75, 3.05) is 31.6 Å². The van der Waals surface area contributed by atoms with Crippen molar-refractivity contribution in [2.45, 2.75) is 36.7 Å². The molecule has 0 unspecified atom stereocenters. The SMILES string of the molecule is O=C(NC[C@H]1CCCO1)c1ccccc1NC(=O)[C@H]1CCCN(S(=O)(=O)c2ccccc2)C1. The van der Waals surface area contributed by atoms with E-state index in [9.17, 15) is 18.0 Å². The van der Waals surface area contributed by atoms with Gasteiger partial charge in [-0.15, -0.1) is 0 Å². The standard InChI is InChI=1S/C24H29N3O5S/c28-23(18-8-6-14-27(17-18)33(30,31)20-10-2-1-3-11-20)26-22-13-5-4-12-21(22)24(29)25-16-19-9-7-15-32-19/h1-5,10-13,18-19H,6-9,14-17H2,(H,25,29)(H,26,28)/t18-,19+/m0/s1. The van der Waals surface area contributed by atoms with Crippen LogP contribution in [0.3, 0.4) is 0 Å². The molecular formula is C24H29N3O5S. The molecular weight excluding hydrogens is 442 g/mol. The number of nitrogens with one attached hydrogen (secondary N) is 2. The molecule has 9 heteroatoms. The van der Waals surface area contributed by atoms with Crippen molar-refractivity contribution in [3.8, 4) is 0 Å². The van der Waals surface area contributed by atoms with Crippen molar-refractivity contribution >= 4 is 27.5 Å². The van der Waals surface area contributed by atoms with Crippen LogP contribution in [0.4, 0.5) is 5.69 Å². The molecule has 2 aromatic carbocycles. The number of ether oxygens (including phenoxy) is 1. The fourth-order valence-electron chi connectivity index (χ4n) is 4.25. The van der Waals surface area contributed by atoms with Crippen molar-refractivity contribution in [1.29, 1.82) is 0 Å². The minimum absolute atomic E-state index is 0.0236. The first-order chi connectivity index (χ1) is 15.9. The summed E-state index contributed by atoms with van der Waals surface area (Å²) in [6, 6.07) is 15.1. The summed E-state index contributed by atoms with van der Waals surface area (Å²) in [5.41, 5.74) is 0.781. The zero-order chi connectivity index (χ0) is 23.3. The molecule has 8 nitrogen and oxygen atoms in total. The number of anilines is 1. The van der Waals surface area contributed by atoms with Gasteiger partial charge in [-0.3, -0.25) is 9.59 Å². The molecule has 0 aliphatic carbocycles. The number of carbonyl (C=O) groups is 2. The Kier molecular flexibility index (Phi) is 7.42. The summed E-state index contributed by atoms with van der Waals surface area (Å²) in [6.07, 6.45) is 3.11. The third kappa shape index (κ3) is 5.61. The molecule has 0 bridgehead atoms. The normalized spacial score (nSPS) is 21.5. The molecule has 2 aromatic rings. The topological polar surface area (TPSA) is 105 Å². The minimum atomic E-state index is -3.66. The molecule has 176 valence electrons. The summed E-state index contributed by atoms with van der Waals surface area (Å²) in [4.78, 5) is 26.0. The molecule has 2 heterocycles. The van der Waals surface area contributed by atoms with Gasteiger partial charge in [-0.05, 0) is 49.9 Å². The summed E-state index contributed by atoms with van der Waals surface area (Å²) in [7, 11) is -3.66. The molecule has 2 atom stereocenters. The van der Waals surface area contributed by atoms with Crippen LogP contribution in [0.25, 0.3) is 0 Å². The number of benzene rings is 2. The zero-order valence-corrected chi connectivity index (χ0v) is 19.2. The Labute approximate surface area is 194 Å². The van der Waals surface area contributed by atoms with E-state index in [2.05, 4.69) is 10.6 Å². The van der Waals surface area contributed by atoms with Gasteiger partial charge in [0.05, 0.1) is 28.2 Å². The molecule has 0 saturated carbocycles. The number of sulfonamides is 1. The van der Waals surface area contributed by atoms with Gasteiger partial charge >= 0.3 is 0 Å². The fourth-order valence-corrected chi connectivity index (χ4v) is 5.79. The van der Waals surface area contributed by atoms with E-state index in [1.54, 1.807) is 54.6 Å². The van der Waals surface area contributed by atoms with Gasteiger partial charge in [-0.2, -0.15) is 4.31 Å². The molecule has 33 heavy (non-hydrogen) atoms. The monoisotopic (exact) mass is 471 g/mol. The zero-order valence-electron chi connectivity index (χ0n) is 18.4. The Morgan fingerprint density at radius 1 is 1.00 bits per heavy atom. The lowest BCUT2D eigenvalue weighted by atomic mass is 9.98. The van der Waals surface area contributed by atoms with Crippen LogP contribution < -0.4 is 10.6 Å². The molecule has 2 N–H and O–H groups in total. The van der Waals surface area contributed by atoms with Crippen molar-refractivity contribution in [3.63, 3.8) is 0 Å². The van der Waals surface area contributed by atoms with Gasteiger partial charge in [0, 0.05) is 26.2 Å². The number of hydrogen-bond donors (Lipinski definition) is 2. The van der Waals surface area contributed by atoms with E-state index >= 15 is 0 Å². The minimum Gasteiger partial charge on any atom is -0.376 e. The Balaban J connectivity index is 1.41. The molecule has 0 spiro atoms. The van der Waals surface area contributed by atoms with Gasteiger partial charge in [-0.25, -0.2) is 8.42 Å². The summed E-state index contributed by atoms with van der Waals surface area (Å²) < 4.78 is 32.9. The van der Waals surface area contributed by atoms with Crippen LogP contribution in [0.1, 0.15) is 36.0 Å². The lowest BCUT2D eigenvalue weighted by molar-refractivity contribution is -0.120. The highest BCUT2D eigenvalue weighted by atomic mass is 32.2. The Morgan fingerprint density at radius 3 is 2.52 bits per heavy atom. The summed E-state index contributed by atoms with van der Waals surface area (Å²) >= 11 is 0. The van der Waals surface area contributed by atoms with Gasteiger partial charge in [0.25, 0.3) is 5.91 Å². The van der Waals surface area contributed by atoms with Gasteiger partial charge in [-0.1, -0.05) is 30.3 Å². The largest absolute Gasteiger partial charge is 0.376 e. The molecule has 4 rings (SSSR count). The highest BCUT2D eigenvalue weighted by Crippen LogP contribution is 2.25. The molecule has 2 amide bonds. The maximum atomic E-state index is 13.0. The smallest absolute Gasteiger partial charge is 0.253 e. The van der Waals surface area contributed by atoms with Crippen LogP contribution in [0, 0.1) is 5.92 Å². The number of para-hydroxylation sites is 1. The first-order valence-electron chi connectivity index (χ1n) is 11.3. The van der Waals surface area contributed by atoms with Crippen molar-refractivity contribution in [1.82, 2.24) is 9.62 Å². The quantitative estimate of drug-likeness (QED) is 0.646. The Morgan fingerprint density at radius 2 is 1.76 bits per heavy atom. The summed E-state index contributed by atoms with van der Waals surface area (Å²) in [5.74, 6) is -1.07. The number of nitrogens with zero attached hydrogens (tertiary/aromatic N) is 1. The van der Waals surface area contributed by atoms with Crippen LogP contribution in [0.2, 0.25) is 0 Å². The summed E-state index contributed by atoms with van der Waals surface area (Å²) in [6.45, 7) is 1.63. The fraction of sp³-hybridized carbons (Fsp3) is 0.417. The van der Waals surface area contributed by atoms with Crippen LogP contribution in [-0.4, -0.2) is 56.9 Å². The first-order valence-corrected chi connectivity index (χ1v) is 12.7. The number of carbonyl (C=O) groups excluding carboxylic acids is 2. The van der Waals surface area contributed by atoms with E-state index in [4.69, 9.17) is 4.74 Å². The number of piperidine rings is 1. The maximum absolute atomic E-state index is 13.0. The van der Waals surface area contributed by atoms with Crippen molar-refractivity contribution in [3.05, 3.63) is 60.2 Å². The predicted octanol–water partition coefficient (Wildman–Crippen LogP) is 2.63. The van der Waals surface area contributed by atoms with Crippen LogP contribution >= 0.6 is 0 Å². The second-order valence-electron chi connectivity index (χ2n) is 8.40. The van der Waals surface area contributed by atoms with E-state index in [1.807, 2.05) is 0 Å². The molecule has 2 aliphatic rings. The number of amides is 2. The second kappa shape index (κ2) is 10.5. The third-order valence-electron chi connectivity index (χ3n) is 6.08. The van der Waals surface area contributed by atoms with Gasteiger partial charge in [0.2, 0.25) is 15.9 Å². The van der Waals surface area contributed by atoms with Crippen molar-refractivity contribution < 1.29 is 22.7 Å². The maximum Gasteiger partial charge on any atom is 0.253 e. The van der Waals surface area contributed by atoms with Crippen LogP contribution in [-0.2, 0) is 19.6 Å². The van der Waals surface area contributed by atoms with Crippen molar-refractivity contribution in [2.24, 2.45) is 5.92 Å². The summed E-state index contributed by atoms with van der Waals surface area (Å²) in [5, 5.41) is 5.72. The lowest BCUT2D eigenvalue weighted by Crippen LogP contribution is -2.43. The second-order valence-corrected chi connectivity index (χ2v) is 10.3. The molecule has 0 aromatic heterocycles. The van der Waals surface area contributed by atoms with Gasteiger partial charge < -0.3 is 15.4 Å². The number of rotatable bonds is 7. The Hall–Kier alpha value is -2.75.